The number of benzene rings is 1. The molecule has 0 saturated heterocycles. The van der Waals surface area contributed by atoms with Crippen LogP contribution in [-0.2, 0) is 13.9 Å². The first-order chi connectivity index (χ1) is 15.5. The van der Waals surface area contributed by atoms with Crippen molar-refractivity contribution in [2.75, 3.05) is 0 Å². The second-order valence-corrected chi connectivity index (χ2v) is 16.1. The van der Waals surface area contributed by atoms with E-state index in [9.17, 15) is 19.7 Å². The van der Waals surface area contributed by atoms with Crippen molar-refractivity contribution in [2.24, 2.45) is 0 Å². The number of ether oxygens (including phenoxy) is 2. The number of hydrogen-bond donors (Lipinski definition) is 1. The molecule has 1 aliphatic carbocycles. The van der Waals surface area contributed by atoms with Gasteiger partial charge in [-0.05, 0) is 63.9 Å². The van der Waals surface area contributed by atoms with E-state index >= 15 is 0 Å². The second kappa shape index (κ2) is 10.4. The second-order valence-electron chi connectivity index (χ2n) is 11.3. The van der Waals surface area contributed by atoms with Gasteiger partial charge in [-0.3, -0.25) is 10.1 Å². The minimum absolute atomic E-state index is 0.0359. The number of nitrogens with one attached hydrogen (secondary N) is 1. The number of hydrogen-bond acceptors (Lipinski definition) is 7. The first-order valence-electron chi connectivity index (χ1n) is 11.6. The number of carbonyl (C=O) groups is 2. The van der Waals surface area contributed by atoms with Crippen LogP contribution in [0.5, 0.6) is 0 Å². The number of nitro benzene ring substituents is 1. The molecule has 2 rings (SSSR count). The van der Waals surface area contributed by atoms with Gasteiger partial charge in [0.05, 0.1) is 22.6 Å². The van der Waals surface area contributed by atoms with Gasteiger partial charge in [0.15, 0.2) is 8.32 Å². The van der Waals surface area contributed by atoms with Crippen LogP contribution in [0.3, 0.4) is 0 Å². The minimum atomic E-state index is -2.18. The predicted octanol–water partition coefficient (Wildman–Crippen LogP) is 5.59. The Morgan fingerprint density at radius 2 is 1.65 bits per heavy atom. The van der Waals surface area contributed by atoms with Gasteiger partial charge >= 0.3 is 12.1 Å². The van der Waals surface area contributed by atoms with Crippen molar-refractivity contribution in [3.63, 3.8) is 0 Å². The van der Waals surface area contributed by atoms with Crippen LogP contribution in [0.2, 0.25) is 18.1 Å². The van der Waals surface area contributed by atoms with Gasteiger partial charge in [-0.1, -0.05) is 20.8 Å². The Morgan fingerprint density at radius 1 is 1.06 bits per heavy atom. The molecule has 0 bridgehead atoms. The smallest absolute Gasteiger partial charge is 0.407 e. The van der Waals surface area contributed by atoms with Crippen molar-refractivity contribution < 1.29 is 28.4 Å². The Labute approximate surface area is 202 Å². The van der Waals surface area contributed by atoms with Crippen LogP contribution in [-0.4, -0.2) is 49.2 Å². The Bertz CT molecular complexity index is 888. The lowest BCUT2D eigenvalue weighted by Crippen LogP contribution is -2.55. The fourth-order valence-electron chi connectivity index (χ4n) is 3.45. The SMILES string of the molecule is CC(C)(C)OC(=O)N[C@@H]1CC[C@H](OC(=O)c2ccc([N+](=O)[O-])cc2)C[C@H]1O[Si](C)(C)C(C)(C)C. The van der Waals surface area contributed by atoms with Crippen LogP contribution in [0.25, 0.3) is 0 Å². The van der Waals surface area contributed by atoms with Crippen LogP contribution in [0.1, 0.15) is 71.2 Å². The van der Waals surface area contributed by atoms with Gasteiger partial charge in [-0.2, -0.15) is 0 Å². The number of non-ortho nitro benzene ring substituents is 1. The van der Waals surface area contributed by atoms with E-state index in [1.165, 1.54) is 24.3 Å². The number of carbonyl (C=O) groups excluding carboxylic acids is 2. The van der Waals surface area contributed by atoms with Crippen molar-refractivity contribution in [1.29, 1.82) is 0 Å². The van der Waals surface area contributed by atoms with E-state index < -0.39 is 37.0 Å². The van der Waals surface area contributed by atoms with Crippen LogP contribution in [0.15, 0.2) is 24.3 Å². The summed E-state index contributed by atoms with van der Waals surface area (Å²) in [5, 5.41) is 13.8. The van der Waals surface area contributed by atoms with E-state index in [-0.39, 0.29) is 28.4 Å². The van der Waals surface area contributed by atoms with Gasteiger partial charge in [0.25, 0.3) is 5.69 Å². The molecule has 0 heterocycles. The summed E-state index contributed by atoms with van der Waals surface area (Å²) < 4.78 is 17.8. The van der Waals surface area contributed by atoms with Crippen molar-refractivity contribution in [3.05, 3.63) is 39.9 Å². The largest absolute Gasteiger partial charge is 0.459 e. The first-order valence-corrected chi connectivity index (χ1v) is 14.5. The molecule has 9 nitrogen and oxygen atoms in total. The predicted molar refractivity (Wildman–Crippen MR) is 131 cm³/mol. The molecule has 3 atom stereocenters. The molecule has 1 aliphatic rings. The van der Waals surface area contributed by atoms with Crippen LogP contribution >= 0.6 is 0 Å². The Morgan fingerprint density at radius 3 is 2.15 bits per heavy atom. The fourth-order valence-corrected chi connectivity index (χ4v) is 4.82. The third-order valence-electron chi connectivity index (χ3n) is 6.29. The lowest BCUT2D eigenvalue weighted by Gasteiger charge is -2.44. The maximum absolute atomic E-state index is 12.6. The van der Waals surface area contributed by atoms with Crippen LogP contribution < -0.4 is 5.32 Å². The van der Waals surface area contributed by atoms with E-state index in [1.807, 2.05) is 20.8 Å². The molecule has 1 aromatic carbocycles. The Balaban J connectivity index is 2.13. The van der Waals surface area contributed by atoms with Crippen molar-refractivity contribution in [1.82, 2.24) is 5.32 Å². The van der Waals surface area contributed by atoms with Crippen LogP contribution in [0, 0.1) is 10.1 Å². The Kier molecular flexibility index (Phi) is 8.52. The lowest BCUT2D eigenvalue weighted by atomic mass is 9.90. The highest BCUT2D eigenvalue weighted by Gasteiger charge is 2.43. The van der Waals surface area contributed by atoms with Crippen molar-refractivity contribution in [3.8, 4) is 0 Å². The van der Waals surface area contributed by atoms with E-state index in [0.717, 1.165) is 0 Å². The van der Waals surface area contributed by atoms with Gasteiger partial charge in [-0.25, -0.2) is 9.59 Å². The zero-order valence-electron chi connectivity index (χ0n) is 21.5. The molecule has 0 aromatic heterocycles. The fraction of sp³-hybridized carbons (Fsp3) is 0.667. The highest BCUT2D eigenvalue weighted by Crippen LogP contribution is 2.39. The summed E-state index contributed by atoms with van der Waals surface area (Å²) in [6.07, 6.45) is 0.326. The third kappa shape index (κ3) is 7.80. The standard InChI is InChI=1S/C24H38N2O7Si/c1-23(2,3)32-22(28)25-19-14-13-18(15-20(19)33-34(7,8)24(4,5)6)31-21(27)16-9-11-17(12-10-16)26(29)30/h9-12,18-20H,13-15H2,1-8H3,(H,25,28)/t18-,19+,20+/m0/s1. The summed E-state index contributed by atoms with van der Waals surface area (Å²) in [6, 6.07) is 5.07. The van der Waals surface area contributed by atoms with E-state index in [0.29, 0.717) is 19.3 Å². The first kappa shape index (κ1) is 27.8. The highest BCUT2D eigenvalue weighted by molar-refractivity contribution is 6.74. The molecular formula is C24H38N2O7Si. The van der Waals surface area contributed by atoms with Gasteiger partial charge in [0.2, 0.25) is 0 Å². The van der Waals surface area contributed by atoms with Crippen molar-refractivity contribution >= 4 is 26.1 Å². The van der Waals surface area contributed by atoms with Gasteiger partial charge < -0.3 is 19.2 Å². The lowest BCUT2D eigenvalue weighted by molar-refractivity contribution is -0.384. The monoisotopic (exact) mass is 494 g/mol. The van der Waals surface area contributed by atoms with Gasteiger partial charge in [0.1, 0.15) is 11.7 Å². The number of nitro groups is 1. The summed E-state index contributed by atoms with van der Waals surface area (Å²) >= 11 is 0. The maximum atomic E-state index is 12.6. The third-order valence-corrected chi connectivity index (χ3v) is 10.8. The van der Waals surface area contributed by atoms with E-state index in [2.05, 4.69) is 39.2 Å². The number of nitrogens with zero attached hydrogens (tertiary/aromatic N) is 1. The topological polar surface area (TPSA) is 117 Å². The highest BCUT2D eigenvalue weighted by atomic mass is 28.4. The Hall–Kier alpha value is -2.46. The molecule has 0 radical (unpaired) electrons. The molecular weight excluding hydrogens is 456 g/mol. The molecule has 1 N–H and O–H groups in total. The molecule has 0 aliphatic heterocycles. The van der Waals surface area contributed by atoms with Gasteiger partial charge in [0, 0.05) is 18.6 Å². The molecule has 1 saturated carbocycles. The summed E-state index contributed by atoms with van der Waals surface area (Å²) in [5.41, 5.74) is -0.452. The van der Waals surface area contributed by atoms with Crippen LogP contribution in [0.4, 0.5) is 10.5 Å². The zero-order valence-corrected chi connectivity index (χ0v) is 22.5. The average molecular weight is 495 g/mol. The number of amides is 1. The normalized spacial score (nSPS) is 21.5. The number of alkyl carbamates (subject to hydrolysis) is 1. The molecule has 0 unspecified atom stereocenters. The summed E-state index contributed by atoms with van der Waals surface area (Å²) in [6.45, 7) is 16.1. The summed E-state index contributed by atoms with van der Waals surface area (Å²) in [4.78, 5) is 35.4. The molecule has 34 heavy (non-hydrogen) atoms. The maximum Gasteiger partial charge on any atom is 0.407 e. The van der Waals surface area contributed by atoms with Crippen molar-refractivity contribution in [2.45, 2.75) is 103 Å². The quantitative estimate of drug-likeness (QED) is 0.237. The molecule has 1 fully saturated rings. The minimum Gasteiger partial charge on any atom is -0.459 e. The number of esters is 1. The molecule has 0 spiro atoms. The van der Waals surface area contributed by atoms with E-state index in [1.54, 1.807) is 0 Å². The molecule has 190 valence electrons. The summed E-state index contributed by atoms with van der Waals surface area (Å²) in [5.74, 6) is -0.537. The summed E-state index contributed by atoms with van der Waals surface area (Å²) in [7, 11) is -2.18. The molecule has 1 amide bonds. The van der Waals surface area contributed by atoms with E-state index in [4.69, 9.17) is 13.9 Å². The number of rotatable bonds is 6. The molecule has 10 heteroatoms. The van der Waals surface area contributed by atoms with Gasteiger partial charge in [-0.15, -0.1) is 0 Å². The zero-order chi connectivity index (χ0) is 25.9. The molecule has 1 aromatic rings. The average Bonchev–Trinajstić information content (AvgIpc) is 2.67.